The third-order valence-corrected chi connectivity index (χ3v) is 2.85. The summed E-state index contributed by atoms with van der Waals surface area (Å²) in [5.41, 5.74) is -0.664. The van der Waals surface area contributed by atoms with E-state index in [2.05, 4.69) is 27.7 Å². The van der Waals surface area contributed by atoms with Crippen molar-refractivity contribution in [3.63, 3.8) is 0 Å². The van der Waals surface area contributed by atoms with Crippen LogP contribution in [0.4, 0.5) is 0 Å². The second-order valence-electron chi connectivity index (χ2n) is 5.08. The van der Waals surface area contributed by atoms with E-state index in [0.29, 0.717) is 12.5 Å². The molecule has 0 saturated heterocycles. The fraction of sp³-hybridized carbons (Fsp3) is 0.733. The maximum Gasteiger partial charge on any atom is 3.00 e. The van der Waals surface area contributed by atoms with Gasteiger partial charge in [0.15, 0.2) is 0 Å². The number of Topliss-reactive ketones (excluding diaryl/α,β-unsaturated/α-hetero) is 1. The Morgan fingerprint density at radius 1 is 1.28 bits per heavy atom. The monoisotopic (exact) mass is 329 g/mol. The number of carbonyl (C=O) groups is 1. The van der Waals surface area contributed by atoms with E-state index in [-0.39, 0.29) is 44.4 Å². The quantitative estimate of drug-likeness (QED) is 0.719. The van der Waals surface area contributed by atoms with E-state index in [4.69, 9.17) is 0 Å². The van der Waals surface area contributed by atoms with Crippen LogP contribution in [0.1, 0.15) is 48.0 Å². The standard InChI is InChI=1S/C12H23NO.C3H7.Y/c1-8-12(6,11(14)9(2)3)13(7)10(4)5;1-3-2;/h9-10H,1,6,8H2,2-5,7H3;3H,1-2H3;/q-2;-1;+3. The maximum absolute atomic E-state index is 12.0. The van der Waals surface area contributed by atoms with Crippen LogP contribution >= 0.6 is 0 Å². The average Bonchev–Trinajstić information content (AvgIpc) is 2.26. The summed E-state index contributed by atoms with van der Waals surface area (Å²) in [4.78, 5) is 14.0. The van der Waals surface area contributed by atoms with Crippen LogP contribution in [0, 0.1) is 26.2 Å². The predicted molar refractivity (Wildman–Crippen MR) is 76.5 cm³/mol. The molecule has 0 saturated carbocycles. The van der Waals surface area contributed by atoms with Crippen molar-refractivity contribution in [1.82, 2.24) is 4.90 Å². The van der Waals surface area contributed by atoms with Crippen molar-refractivity contribution in [1.29, 1.82) is 0 Å². The average molecular weight is 329 g/mol. The Hall–Kier alpha value is 0.734. The van der Waals surface area contributed by atoms with Crippen molar-refractivity contribution < 1.29 is 37.5 Å². The molecule has 0 amide bonds. The molecule has 1 unspecified atom stereocenters. The van der Waals surface area contributed by atoms with Crippen LogP contribution in [0.5, 0.6) is 0 Å². The zero-order valence-electron chi connectivity index (χ0n) is 13.3. The molecule has 0 N–H and O–H groups in total. The summed E-state index contributed by atoms with van der Waals surface area (Å²) in [6.45, 7) is 19.8. The van der Waals surface area contributed by atoms with Gasteiger partial charge >= 0.3 is 32.7 Å². The molecule has 104 valence electrons. The molecule has 0 bridgehead atoms. The molecule has 0 aliphatic heterocycles. The summed E-state index contributed by atoms with van der Waals surface area (Å²) in [5.74, 6) is 0.180. The van der Waals surface area contributed by atoms with Crippen LogP contribution in [-0.4, -0.2) is 29.3 Å². The summed E-state index contributed by atoms with van der Waals surface area (Å²) in [7, 11) is 1.93. The van der Waals surface area contributed by atoms with E-state index in [1.54, 1.807) is 0 Å². The number of ketones is 1. The summed E-state index contributed by atoms with van der Waals surface area (Å²) >= 11 is 0. The molecule has 0 rings (SSSR count). The van der Waals surface area contributed by atoms with Crippen LogP contribution in [-0.2, 0) is 37.5 Å². The fourth-order valence-corrected chi connectivity index (χ4v) is 1.50. The minimum absolute atomic E-state index is 0. The molecule has 0 spiro atoms. The van der Waals surface area contributed by atoms with Crippen molar-refractivity contribution in [2.75, 3.05) is 7.05 Å². The second kappa shape index (κ2) is 11.6. The first-order chi connectivity index (χ1) is 7.68. The van der Waals surface area contributed by atoms with Gasteiger partial charge in [0.25, 0.3) is 0 Å². The van der Waals surface area contributed by atoms with Gasteiger partial charge in [0, 0.05) is 12.0 Å². The number of nitrogens with zero attached hydrogens (tertiary/aromatic N) is 1. The Labute approximate surface area is 140 Å². The molecular formula is C15H30NOY. The molecule has 0 aliphatic carbocycles. The van der Waals surface area contributed by atoms with E-state index in [0.717, 1.165) is 0 Å². The second-order valence-corrected chi connectivity index (χ2v) is 5.08. The Balaban J connectivity index is -0.000000507. The molecular weight excluding hydrogens is 299 g/mol. The van der Waals surface area contributed by atoms with E-state index in [9.17, 15) is 4.79 Å². The van der Waals surface area contributed by atoms with Gasteiger partial charge in [0.05, 0.1) is 0 Å². The Morgan fingerprint density at radius 2 is 1.61 bits per heavy atom. The third-order valence-electron chi connectivity index (χ3n) is 2.85. The molecule has 0 radical (unpaired) electrons. The molecule has 1 atom stereocenters. The predicted octanol–water partition coefficient (Wildman–Crippen LogP) is 3.58. The number of carbonyl (C=O) groups excluding carboxylic acids is 1. The Kier molecular flexibility index (Phi) is 15.3. The smallest absolute Gasteiger partial charge is 0.344 e. The van der Waals surface area contributed by atoms with Crippen molar-refractivity contribution in [3.05, 3.63) is 20.3 Å². The van der Waals surface area contributed by atoms with Gasteiger partial charge in [-0.05, 0) is 20.9 Å². The van der Waals surface area contributed by atoms with Gasteiger partial charge in [0.1, 0.15) is 5.78 Å². The zero-order chi connectivity index (χ0) is 14.2. The van der Waals surface area contributed by atoms with Crippen LogP contribution < -0.4 is 0 Å². The molecule has 0 fully saturated rings. The summed E-state index contributed by atoms with van der Waals surface area (Å²) < 4.78 is 0. The Bertz CT molecular complexity index is 217. The summed E-state index contributed by atoms with van der Waals surface area (Å²) in [6, 6.07) is 0.303. The van der Waals surface area contributed by atoms with E-state index >= 15 is 0 Å². The van der Waals surface area contributed by atoms with Crippen molar-refractivity contribution in [2.45, 2.75) is 59.5 Å². The van der Waals surface area contributed by atoms with Crippen LogP contribution in [0.15, 0.2) is 0 Å². The van der Waals surface area contributed by atoms with Gasteiger partial charge in [-0.15, -0.1) is 0 Å². The number of hydrogen-bond donors (Lipinski definition) is 0. The SMILES string of the molecule is C[CH-]C.[CH2-]CC([CH2-])(C(=O)C(C)C)N(C)C(C)C.[Y+3]. The largest absolute Gasteiger partial charge is 3.00 e. The molecule has 0 heterocycles. The summed E-state index contributed by atoms with van der Waals surface area (Å²) in [5, 5.41) is 0. The van der Waals surface area contributed by atoms with Crippen LogP contribution in [0.3, 0.4) is 0 Å². The minimum Gasteiger partial charge on any atom is -0.344 e. The van der Waals surface area contributed by atoms with Gasteiger partial charge < -0.3 is 30.0 Å². The first-order valence-electron chi connectivity index (χ1n) is 6.34. The first-order valence-corrected chi connectivity index (χ1v) is 6.34. The van der Waals surface area contributed by atoms with Gasteiger partial charge in [-0.2, -0.15) is 20.3 Å². The summed E-state index contributed by atoms with van der Waals surface area (Å²) in [6.07, 6.45) is 2.51. The van der Waals surface area contributed by atoms with Crippen LogP contribution in [0.25, 0.3) is 0 Å². The van der Waals surface area contributed by atoms with Crippen molar-refractivity contribution in [3.8, 4) is 0 Å². The molecule has 0 aromatic heterocycles. The van der Waals surface area contributed by atoms with Gasteiger partial charge in [-0.1, -0.05) is 19.4 Å². The minimum atomic E-state index is -0.664. The fourth-order valence-electron chi connectivity index (χ4n) is 1.50. The van der Waals surface area contributed by atoms with Gasteiger partial charge in [-0.25, -0.2) is 0 Å². The topological polar surface area (TPSA) is 20.3 Å². The molecule has 2 nitrogen and oxygen atoms in total. The molecule has 3 heteroatoms. The van der Waals surface area contributed by atoms with Crippen molar-refractivity contribution >= 4 is 5.78 Å². The van der Waals surface area contributed by atoms with Gasteiger partial charge in [0.2, 0.25) is 0 Å². The van der Waals surface area contributed by atoms with E-state index in [1.807, 2.05) is 46.1 Å². The molecule has 0 aliphatic rings. The van der Waals surface area contributed by atoms with E-state index in [1.165, 1.54) is 0 Å². The molecule has 0 aromatic carbocycles. The zero-order valence-corrected chi connectivity index (χ0v) is 16.1. The molecule has 0 aromatic rings. The maximum atomic E-state index is 12.0. The number of hydrogen-bond acceptors (Lipinski definition) is 2. The molecule has 18 heavy (non-hydrogen) atoms. The van der Waals surface area contributed by atoms with Crippen molar-refractivity contribution in [2.24, 2.45) is 5.92 Å². The van der Waals surface area contributed by atoms with Gasteiger partial charge in [-0.3, -0.25) is 0 Å². The van der Waals surface area contributed by atoms with Crippen LogP contribution in [0.2, 0.25) is 0 Å². The first kappa shape index (κ1) is 23.8. The normalized spacial score (nSPS) is 13.8. The third kappa shape index (κ3) is 7.35. The number of likely N-dealkylation sites (N-methyl/N-ethyl adjacent to an activating group) is 1. The van der Waals surface area contributed by atoms with E-state index < -0.39 is 5.54 Å². The Morgan fingerprint density at radius 3 is 1.78 bits per heavy atom. The number of rotatable bonds is 5.